The molecule has 2 N–H and O–H groups in total. The van der Waals surface area contributed by atoms with Crippen LogP contribution in [0.2, 0.25) is 0 Å². The number of nitrogens with one attached hydrogen (secondary N) is 2. The van der Waals surface area contributed by atoms with Crippen LogP contribution in [0.15, 0.2) is 91.5 Å². The van der Waals surface area contributed by atoms with Gasteiger partial charge in [0, 0.05) is 22.5 Å². The molecule has 0 aliphatic carbocycles. The Kier molecular flexibility index (Phi) is 6.72. The Labute approximate surface area is 214 Å². The highest BCUT2D eigenvalue weighted by molar-refractivity contribution is 6.00. The van der Waals surface area contributed by atoms with E-state index in [4.69, 9.17) is 4.98 Å². The van der Waals surface area contributed by atoms with Crippen LogP contribution in [-0.2, 0) is 16.0 Å². The molecule has 0 aliphatic rings. The molecule has 0 bridgehead atoms. The Hall–Kier alpha value is -4.85. The molecule has 0 saturated heterocycles. The molecule has 2 aromatic heterocycles. The van der Waals surface area contributed by atoms with Gasteiger partial charge >= 0.3 is 0 Å². The van der Waals surface area contributed by atoms with Gasteiger partial charge in [-0.1, -0.05) is 48.5 Å². The number of nitrogens with zero attached hydrogens (tertiary/aromatic N) is 4. The summed E-state index contributed by atoms with van der Waals surface area (Å²) in [6.45, 7) is 3.69. The Morgan fingerprint density at radius 3 is 2.27 bits per heavy atom. The highest BCUT2D eigenvalue weighted by atomic mass is 16.2. The van der Waals surface area contributed by atoms with Gasteiger partial charge in [-0.05, 0) is 60.9 Å². The van der Waals surface area contributed by atoms with Crippen LogP contribution in [0.1, 0.15) is 24.2 Å². The molecule has 0 saturated carbocycles. The highest BCUT2D eigenvalue weighted by Gasteiger charge is 2.18. The minimum Gasteiger partial charge on any atom is -0.326 e. The number of hydrogen-bond acceptors (Lipinski definition) is 5. The summed E-state index contributed by atoms with van der Waals surface area (Å²) in [5.41, 5.74) is 5.96. The molecule has 1 atom stereocenters. The lowest BCUT2D eigenvalue weighted by Gasteiger charge is -2.16. The normalized spacial score (nSPS) is 11.7. The molecule has 184 valence electrons. The van der Waals surface area contributed by atoms with Crippen molar-refractivity contribution in [1.29, 1.82) is 0 Å². The summed E-state index contributed by atoms with van der Waals surface area (Å²) in [7, 11) is 0. The molecule has 8 heteroatoms. The first kappa shape index (κ1) is 23.9. The van der Waals surface area contributed by atoms with Crippen molar-refractivity contribution in [2.45, 2.75) is 26.3 Å². The molecule has 5 aromatic rings. The maximum atomic E-state index is 13.1. The largest absolute Gasteiger partial charge is 0.326 e. The van der Waals surface area contributed by atoms with E-state index < -0.39 is 6.04 Å². The fourth-order valence-corrected chi connectivity index (χ4v) is 4.31. The number of carbonyl (C=O) groups is 2. The number of fused-ring (bicyclic) bond motifs is 1. The zero-order valence-electron chi connectivity index (χ0n) is 20.6. The van der Waals surface area contributed by atoms with Crippen molar-refractivity contribution in [2.75, 3.05) is 10.6 Å². The molecule has 3 aromatic carbocycles. The number of rotatable bonds is 7. The first-order chi connectivity index (χ1) is 18.0. The number of amides is 2. The van der Waals surface area contributed by atoms with Gasteiger partial charge < -0.3 is 10.6 Å². The van der Waals surface area contributed by atoms with Gasteiger partial charge in [0.1, 0.15) is 18.7 Å². The van der Waals surface area contributed by atoms with Gasteiger partial charge in [0.25, 0.3) is 0 Å². The second-order valence-electron chi connectivity index (χ2n) is 8.78. The lowest BCUT2D eigenvalue weighted by molar-refractivity contribution is -0.119. The van der Waals surface area contributed by atoms with Gasteiger partial charge in [0.05, 0.1) is 11.9 Å². The first-order valence-electron chi connectivity index (χ1n) is 12.0. The standard InChI is InChI=1S/C29H26N6O2/c1-19-25(28(21-8-4-3-5-9-21)24-10-6-7-11-26(24)32-19)16-27(36)33-22-12-14-23(15-13-22)34-29(37)20(2)35-18-30-17-31-35/h3-15,17-18,20H,16H2,1-2H3,(H,33,36)(H,34,37). The van der Waals surface area contributed by atoms with Gasteiger partial charge in [0.2, 0.25) is 11.8 Å². The number of para-hydroxylation sites is 1. The monoisotopic (exact) mass is 490 g/mol. The summed E-state index contributed by atoms with van der Waals surface area (Å²) < 4.78 is 1.48. The van der Waals surface area contributed by atoms with E-state index in [1.54, 1.807) is 31.2 Å². The topological polar surface area (TPSA) is 102 Å². The van der Waals surface area contributed by atoms with E-state index in [0.29, 0.717) is 11.4 Å². The predicted molar refractivity (Wildman–Crippen MR) is 144 cm³/mol. The van der Waals surface area contributed by atoms with Crippen molar-refractivity contribution < 1.29 is 9.59 Å². The molecule has 8 nitrogen and oxygen atoms in total. The summed E-state index contributed by atoms with van der Waals surface area (Å²) in [5, 5.41) is 10.8. The fourth-order valence-electron chi connectivity index (χ4n) is 4.31. The second-order valence-corrected chi connectivity index (χ2v) is 8.78. The molecule has 0 aliphatic heterocycles. The van der Waals surface area contributed by atoms with Gasteiger partial charge in [-0.2, -0.15) is 5.10 Å². The second kappa shape index (κ2) is 10.4. The summed E-state index contributed by atoms with van der Waals surface area (Å²) >= 11 is 0. The third-order valence-corrected chi connectivity index (χ3v) is 6.25. The van der Waals surface area contributed by atoms with Crippen LogP contribution in [0.25, 0.3) is 22.0 Å². The van der Waals surface area contributed by atoms with Gasteiger partial charge in [-0.15, -0.1) is 0 Å². The Morgan fingerprint density at radius 2 is 1.57 bits per heavy atom. The number of benzene rings is 3. The number of pyridine rings is 1. The number of aromatic nitrogens is 4. The average molecular weight is 491 g/mol. The number of hydrogen-bond donors (Lipinski definition) is 2. The van der Waals surface area contributed by atoms with Gasteiger partial charge in [-0.25, -0.2) is 9.67 Å². The quantitative estimate of drug-likeness (QED) is 0.327. The number of aryl methyl sites for hydroxylation is 1. The molecule has 0 spiro atoms. The summed E-state index contributed by atoms with van der Waals surface area (Å²) in [6.07, 6.45) is 3.07. The zero-order valence-corrected chi connectivity index (χ0v) is 20.6. The SMILES string of the molecule is Cc1nc2ccccc2c(-c2ccccc2)c1CC(=O)Nc1ccc(NC(=O)C(C)n2cncn2)cc1. The lowest BCUT2D eigenvalue weighted by Crippen LogP contribution is -2.24. The van der Waals surface area contributed by atoms with Crippen molar-refractivity contribution in [3.05, 3.63) is 103 Å². The Balaban J connectivity index is 1.33. The number of carbonyl (C=O) groups excluding carboxylic acids is 2. The van der Waals surface area contributed by atoms with E-state index in [0.717, 1.165) is 33.3 Å². The molecule has 2 amide bonds. The van der Waals surface area contributed by atoms with Crippen molar-refractivity contribution >= 4 is 34.1 Å². The molecular formula is C29H26N6O2. The van der Waals surface area contributed by atoms with Crippen LogP contribution in [0.4, 0.5) is 11.4 Å². The summed E-state index contributed by atoms with van der Waals surface area (Å²) in [4.78, 5) is 34.2. The van der Waals surface area contributed by atoms with Crippen LogP contribution in [0.5, 0.6) is 0 Å². The molecule has 0 radical (unpaired) electrons. The van der Waals surface area contributed by atoms with Gasteiger partial charge in [0.15, 0.2) is 0 Å². The zero-order chi connectivity index (χ0) is 25.8. The van der Waals surface area contributed by atoms with E-state index >= 15 is 0 Å². The molecule has 5 rings (SSSR count). The van der Waals surface area contributed by atoms with Crippen molar-refractivity contribution in [2.24, 2.45) is 0 Å². The smallest absolute Gasteiger partial charge is 0.249 e. The first-order valence-corrected chi connectivity index (χ1v) is 12.0. The summed E-state index contributed by atoms with van der Waals surface area (Å²) in [5.74, 6) is -0.357. The molecule has 37 heavy (non-hydrogen) atoms. The van der Waals surface area contributed by atoms with E-state index in [1.165, 1.54) is 17.3 Å². The minimum atomic E-state index is -0.500. The van der Waals surface area contributed by atoms with Crippen LogP contribution in [-0.4, -0.2) is 31.6 Å². The van der Waals surface area contributed by atoms with Crippen LogP contribution in [0, 0.1) is 6.92 Å². The highest BCUT2D eigenvalue weighted by Crippen LogP contribution is 2.33. The maximum absolute atomic E-state index is 13.1. The fraction of sp³-hybridized carbons (Fsp3) is 0.138. The number of anilines is 2. The average Bonchev–Trinajstić information content (AvgIpc) is 3.45. The van der Waals surface area contributed by atoms with E-state index in [1.807, 2.05) is 49.4 Å². The van der Waals surface area contributed by atoms with Crippen LogP contribution >= 0.6 is 0 Å². The molecule has 2 heterocycles. The Morgan fingerprint density at radius 1 is 0.892 bits per heavy atom. The van der Waals surface area contributed by atoms with Crippen molar-refractivity contribution in [1.82, 2.24) is 19.7 Å². The third kappa shape index (κ3) is 5.23. The van der Waals surface area contributed by atoms with Crippen molar-refractivity contribution in [3.63, 3.8) is 0 Å². The van der Waals surface area contributed by atoms with Crippen LogP contribution < -0.4 is 10.6 Å². The maximum Gasteiger partial charge on any atom is 0.249 e. The van der Waals surface area contributed by atoms with E-state index in [9.17, 15) is 9.59 Å². The lowest BCUT2D eigenvalue weighted by atomic mass is 9.92. The minimum absolute atomic E-state index is 0.144. The molecule has 0 fully saturated rings. The van der Waals surface area contributed by atoms with Crippen LogP contribution in [0.3, 0.4) is 0 Å². The molecular weight excluding hydrogens is 464 g/mol. The van der Waals surface area contributed by atoms with Crippen molar-refractivity contribution in [3.8, 4) is 11.1 Å². The molecule has 1 unspecified atom stereocenters. The Bertz CT molecular complexity index is 1550. The third-order valence-electron chi connectivity index (χ3n) is 6.25. The van der Waals surface area contributed by atoms with E-state index in [2.05, 4.69) is 32.8 Å². The predicted octanol–water partition coefficient (Wildman–Crippen LogP) is 5.18. The van der Waals surface area contributed by atoms with Gasteiger partial charge in [-0.3, -0.25) is 14.6 Å². The summed E-state index contributed by atoms with van der Waals surface area (Å²) in [6, 6.07) is 24.6. The van der Waals surface area contributed by atoms with E-state index in [-0.39, 0.29) is 18.2 Å².